The fourth-order valence-electron chi connectivity index (χ4n) is 3.05. The molecule has 2 aromatic carbocycles. The van der Waals surface area contributed by atoms with Crippen molar-refractivity contribution in [2.45, 2.75) is 13.5 Å². The van der Waals surface area contributed by atoms with Gasteiger partial charge in [0.05, 0.1) is 10.4 Å². The van der Waals surface area contributed by atoms with E-state index in [-0.39, 0.29) is 17.3 Å². The first-order valence-electron chi connectivity index (χ1n) is 9.02. The van der Waals surface area contributed by atoms with Crippen LogP contribution in [-0.4, -0.2) is 19.9 Å². The quantitative estimate of drug-likeness (QED) is 0.368. The highest BCUT2D eigenvalue weighted by Gasteiger charge is 2.23. The average molecular weight is 386 g/mol. The lowest BCUT2D eigenvalue weighted by atomic mass is 10.1. The van der Waals surface area contributed by atoms with Crippen molar-refractivity contribution >= 4 is 33.9 Å². The van der Waals surface area contributed by atoms with E-state index >= 15 is 0 Å². The van der Waals surface area contributed by atoms with E-state index in [1.165, 1.54) is 6.33 Å². The van der Waals surface area contributed by atoms with E-state index in [0.717, 1.165) is 22.2 Å². The van der Waals surface area contributed by atoms with Gasteiger partial charge < -0.3 is 10.6 Å². The molecule has 0 aliphatic rings. The van der Waals surface area contributed by atoms with Crippen LogP contribution in [-0.2, 0) is 6.54 Å². The molecule has 2 heterocycles. The molecule has 0 atom stereocenters. The van der Waals surface area contributed by atoms with Gasteiger partial charge in [-0.1, -0.05) is 36.4 Å². The predicted octanol–water partition coefficient (Wildman–Crippen LogP) is 4.60. The van der Waals surface area contributed by atoms with E-state index in [2.05, 4.69) is 25.6 Å². The lowest BCUT2D eigenvalue weighted by Crippen LogP contribution is -2.08. The molecule has 0 amide bonds. The number of aromatic nitrogens is 3. The zero-order valence-electron chi connectivity index (χ0n) is 15.7. The molecule has 4 aromatic rings. The van der Waals surface area contributed by atoms with Gasteiger partial charge in [-0.2, -0.15) is 0 Å². The first kappa shape index (κ1) is 18.3. The summed E-state index contributed by atoms with van der Waals surface area (Å²) in [7, 11) is 0. The molecule has 144 valence electrons. The van der Waals surface area contributed by atoms with Crippen molar-refractivity contribution in [1.29, 1.82) is 0 Å². The Balaban J connectivity index is 1.68. The second kappa shape index (κ2) is 7.89. The smallest absolute Gasteiger partial charge is 0.353 e. The van der Waals surface area contributed by atoms with Crippen LogP contribution in [0.3, 0.4) is 0 Å². The van der Waals surface area contributed by atoms with Crippen LogP contribution in [0.1, 0.15) is 11.3 Å². The molecule has 0 unspecified atom stereocenters. The summed E-state index contributed by atoms with van der Waals surface area (Å²) in [5.41, 5.74) is 3.17. The summed E-state index contributed by atoms with van der Waals surface area (Å²) in [6.45, 7) is 2.33. The van der Waals surface area contributed by atoms with Gasteiger partial charge in [-0.25, -0.2) is 9.97 Å². The van der Waals surface area contributed by atoms with Gasteiger partial charge in [-0.05, 0) is 36.8 Å². The molecule has 0 radical (unpaired) electrons. The van der Waals surface area contributed by atoms with Gasteiger partial charge in [0, 0.05) is 23.3 Å². The Labute approximate surface area is 166 Å². The second-order valence-electron chi connectivity index (χ2n) is 6.47. The van der Waals surface area contributed by atoms with Crippen molar-refractivity contribution in [1.82, 2.24) is 15.0 Å². The summed E-state index contributed by atoms with van der Waals surface area (Å²) >= 11 is 0. The third kappa shape index (κ3) is 3.96. The van der Waals surface area contributed by atoms with E-state index in [1.807, 2.05) is 67.6 Å². The molecular formula is C21H18N6O2. The van der Waals surface area contributed by atoms with E-state index in [4.69, 9.17) is 0 Å². The molecule has 0 aliphatic carbocycles. The lowest BCUT2D eigenvalue weighted by molar-refractivity contribution is -0.383. The summed E-state index contributed by atoms with van der Waals surface area (Å²) in [6, 6.07) is 19.0. The third-order valence-corrected chi connectivity index (χ3v) is 4.43. The fourth-order valence-corrected chi connectivity index (χ4v) is 3.05. The molecule has 0 fully saturated rings. The van der Waals surface area contributed by atoms with Crippen LogP contribution in [0.15, 0.2) is 67.0 Å². The van der Waals surface area contributed by atoms with Crippen LogP contribution in [0.5, 0.6) is 0 Å². The molecule has 29 heavy (non-hydrogen) atoms. The molecule has 0 saturated heterocycles. The van der Waals surface area contributed by atoms with Crippen molar-refractivity contribution in [2.24, 2.45) is 0 Å². The lowest BCUT2D eigenvalue weighted by Gasteiger charge is -2.12. The second-order valence-corrected chi connectivity index (χ2v) is 6.47. The van der Waals surface area contributed by atoms with Gasteiger partial charge in [0.15, 0.2) is 0 Å². The van der Waals surface area contributed by atoms with Gasteiger partial charge in [0.25, 0.3) is 0 Å². The number of nitrogens with one attached hydrogen (secondary N) is 2. The van der Waals surface area contributed by atoms with Crippen LogP contribution in [0, 0.1) is 17.0 Å². The summed E-state index contributed by atoms with van der Waals surface area (Å²) in [4.78, 5) is 24.0. The van der Waals surface area contributed by atoms with E-state index in [9.17, 15) is 10.1 Å². The van der Waals surface area contributed by atoms with Crippen molar-refractivity contribution in [2.75, 3.05) is 10.6 Å². The van der Waals surface area contributed by atoms with Crippen LogP contribution in [0.2, 0.25) is 0 Å². The number of rotatable bonds is 6. The molecule has 0 aliphatic heterocycles. The normalized spacial score (nSPS) is 10.7. The topological polar surface area (TPSA) is 106 Å². The zero-order chi connectivity index (χ0) is 20.2. The van der Waals surface area contributed by atoms with Crippen LogP contribution in [0.4, 0.5) is 23.0 Å². The minimum Gasteiger partial charge on any atom is -0.360 e. The predicted molar refractivity (Wildman–Crippen MR) is 112 cm³/mol. The Morgan fingerprint density at radius 2 is 1.76 bits per heavy atom. The maximum atomic E-state index is 11.8. The van der Waals surface area contributed by atoms with Crippen molar-refractivity contribution < 1.29 is 4.92 Å². The van der Waals surface area contributed by atoms with Gasteiger partial charge in [-0.15, -0.1) is 0 Å². The van der Waals surface area contributed by atoms with Gasteiger partial charge >= 0.3 is 5.69 Å². The summed E-state index contributed by atoms with van der Waals surface area (Å²) < 4.78 is 0. The number of fused-ring (bicyclic) bond motifs is 1. The number of pyridine rings is 1. The molecule has 2 aromatic heterocycles. The highest BCUT2D eigenvalue weighted by molar-refractivity contribution is 5.94. The van der Waals surface area contributed by atoms with E-state index in [1.54, 1.807) is 0 Å². The summed E-state index contributed by atoms with van der Waals surface area (Å²) in [6.07, 6.45) is 1.30. The number of benzene rings is 2. The zero-order valence-corrected chi connectivity index (χ0v) is 15.7. The largest absolute Gasteiger partial charge is 0.360 e. The Morgan fingerprint density at radius 1 is 0.966 bits per heavy atom. The summed E-state index contributed by atoms with van der Waals surface area (Å²) in [5.74, 6) is 0.277. The number of nitrogens with zero attached hydrogens (tertiary/aromatic N) is 4. The van der Waals surface area contributed by atoms with Crippen molar-refractivity contribution in [3.63, 3.8) is 0 Å². The molecule has 0 spiro atoms. The summed E-state index contributed by atoms with van der Waals surface area (Å²) in [5, 5.41) is 18.8. The number of aryl methyl sites for hydroxylation is 1. The molecule has 0 bridgehead atoms. The number of anilines is 3. The van der Waals surface area contributed by atoms with Crippen LogP contribution >= 0.6 is 0 Å². The Kier molecular flexibility index (Phi) is 4.98. The first-order chi connectivity index (χ1) is 14.1. The van der Waals surface area contributed by atoms with Crippen LogP contribution in [0.25, 0.3) is 10.9 Å². The highest BCUT2D eigenvalue weighted by Crippen LogP contribution is 2.33. The maximum Gasteiger partial charge on any atom is 0.353 e. The highest BCUT2D eigenvalue weighted by atomic mass is 16.6. The first-order valence-corrected chi connectivity index (χ1v) is 9.02. The van der Waals surface area contributed by atoms with E-state index < -0.39 is 4.92 Å². The molecule has 0 saturated carbocycles. The molecule has 8 nitrogen and oxygen atoms in total. The average Bonchev–Trinajstić information content (AvgIpc) is 2.73. The third-order valence-electron chi connectivity index (χ3n) is 4.43. The molecule has 8 heteroatoms. The van der Waals surface area contributed by atoms with Crippen molar-refractivity contribution in [3.05, 3.63) is 88.4 Å². The standard InChI is InChI=1S/C21H18N6O2/c1-14-10-11-16-17(25-14)8-5-9-18(16)26-21-19(27(28)29)20(23-13-24-21)22-12-15-6-3-2-4-7-15/h2-11,13H,12H2,1H3,(H2,22,23,24,26). The number of hydrogen-bond acceptors (Lipinski definition) is 7. The molecular weight excluding hydrogens is 368 g/mol. The minimum absolute atomic E-state index is 0.119. The molecule has 4 rings (SSSR count). The van der Waals surface area contributed by atoms with Gasteiger partial charge in [0.2, 0.25) is 11.6 Å². The fraction of sp³-hybridized carbons (Fsp3) is 0.0952. The van der Waals surface area contributed by atoms with Gasteiger partial charge in [-0.3, -0.25) is 15.1 Å². The number of nitro groups is 1. The van der Waals surface area contributed by atoms with Gasteiger partial charge in [0.1, 0.15) is 6.33 Å². The monoisotopic (exact) mass is 386 g/mol. The number of hydrogen-bond donors (Lipinski definition) is 2. The SMILES string of the molecule is Cc1ccc2c(Nc3ncnc(NCc4ccccc4)c3[N+](=O)[O-])cccc2n1. The minimum atomic E-state index is -0.483. The Bertz CT molecular complexity index is 1180. The molecule has 2 N–H and O–H groups in total. The van der Waals surface area contributed by atoms with E-state index in [0.29, 0.717) is 12.2 Å². The maximum absolute atomic E-state index is 11.8. The van der Waals surface area contributed by atoms with Crippen LogP contribution < -0.4 is 10.6 Å². The Morgan fingerprint density at radius 3 is 2.55 bits per heavy atom. The Hall–Kier alpha value is -4.07. The van der Waals surface area contributed by atoms with Crippen molar-refractivity contribution in [3.8, 4) is 0 Å².